The summed E-state index contributed by atoms with van der Waals surface area (Å²) in [5, 5.41) is 7.61. The molecule has 4 aromatic rings. The van der Waals surface area contributed by atoms with Crippen LogP contribution < -0.4 is 5.32 Å². The lowest BCUT2D eigenvalue weighted by Gasteiger charge is -2.05. The van der Waals surface area contributed by atoms with E-state index in [0.29, 0.717) is 25.2 Å². The lowest BCUT2D eigenvalue weighted by molar-refractivity contribution is -0.120. The van der Waals surface area contributed by atoms with Gasteiger partial charge >= 0.3 is 0 Å². The van der Waals surface area contributed by atoms with Crippen molar-refractivity contribution in [2.24, 2.45) is 7.05 Å². The van der Waals surface area contributed by atoms with Crippen LogP contribution in [0.25, 0.3) is 22.6 Å². The Morgan fingerprint density at radius 2 is 1.87 bits per heavy atom. The Morgan fingerprint density at radius 3 is 2.57 bits per heavy atom. The summed E-state index contributed by atoms with van der Waals surface area (Å²) < 4.78 is 17.0. The van der Waals surface area contributed by atoms with Crippen LogP contribution in [0.1, 0.15) is 5.56 Å². The van der Waals surface area contributed by atoms with Gasteiger partial charge in [-0.25, -0.2) is 9.37 Å². The quantitative estimate of drug-likeness (QED) is 0.514. The van der Waals surface area contributed by atoms with Crippen LogP contribution in [0.2, 0.25) is 0 Å². The lowest BCUT2D eigenvalue weighted by atomic mass is 10.1. The number of hydrogen-bond donors (Lipinski definition) is 1. The highest BCUT2D eigenvalue weighted by Crippen LogP contribution is 2.30. The number of rotatable bonds is 7. The molecule has 7 heteroatoms. The Hall–Kier alpha value is -3.74. The molecule has 0 aliphatic heterocycles. The molecule has 0 saturated carbocycles. The Morgan fingerprint density at radius 1 is 1.10 bits per heavy atom. The second-order valence-corrected chi connectivity index (χ2v) is 7.04. The zero-order chi connectivity index (χ0) is 20.9. The standard InChI is InChI=1S/C23H22FN5O/c1-28-13-11-26-23(28)22-20(18-7-9-19(24)10-8-18)16-29(27-22)14-12-25-21(30)15-17-5-3-2-4-6-17/h2-11,13,16H,12,14-15H2,1H3,(H,25,30). The first kappa shape index (κ1) is 19.6. The van der Waals surface area contributed by atoms with Crippen LogP contribution in [0, 0.1) is 5.82 Å². The molecule has 30 heavy (non-hydrogen) atoms. The lowest BCUT2D eigenvalue weighted by Crippen LogP contribution is -2.28. The number of carbonyl (C=O) groups excluding carboxylic acids is 1. The molecule has 2 heterocycles. The van der Waals surface area contributed by atoms with Gasteiger partial charge < -0.3 is 9.88 Å². The van der Waals surface area contributed by atoms with E-state index >= 15 is 0 Å². The van der Waals surface area contributed by atoms with Crippen LogP contribution >= 0.6 is 0 Å². The van der Waals surface area contributed by atoms with Gasteiger partial charge in [0.15, 0.2) is 5.82 Å². The Labute approximate surface area is 174 Å². The highest BCUT2D eigenvalue weighted by Gasteiger charge is 2.16. The summed E-state index contributed by atoms with van der Waals surface area (Å²) in [6.07, 6.45) is 5.82. The number of nitrogens with zero attached hydrogens (tertiary/aromatic N) is 4. The smallest absolute Gasteiger partial charge is 0.224 e. The van der Waals surface area contributed by atoms with Crippen molar-refractivity contribution in [1.82, 2.24) is 24.6 Å². The molecule has 0 aliphatic rings. The van der Waals surface area contributed by atoms with Crippen molar-refractivity contribution in [1.29, 1.82) is 0 Å². The molecule has 0 atom stereocenters. The predicted octanol–water partition coefficient (Wildman–Crippen LogP) is 3.45. The number of imidazole rings is 1. The molecule has 152 valence electrons. The van der Waals surface area contributed by atoms with Crippen LogP contribution in [0.15, 0.2) is 73.2 Å². The van der Waals surface area contributed by atoms with E-state index in [4.69, 9.17) is 0 Å². The molecule has 0 radical (unpaired) electrons. The minimum absolute atomic E-state index is 0.0311. The SMILES string of the molecule is Cn1ccnc1-c1nn(CCNC(=O)Cc2ccccc2)cc1-c1ccc(F)cc1. The summed E-state index contributed by atoms with van der Waals surface area (Å²) in [7, 11) is 1.90. The van der Waals surface area contributed by atoms with Gasteiger partial charge in [-0.05, 0) is 23.3 Å². The number of nitrogens with one attached hydrogen (secondary N) is 1. The first-order chi connectivity index (χ1) is 14.6. The maximum atomic E-state index is 13.4. The summed E-state index contributed by atoms with van der Waals surface area (Å²) in [4.78, 5) is 16.6. The molecular formula is C23H22FN5O. The van der Waals surface area contributed by atoms with Crippen molar-refractivity contribution in [2.75, 3.05) is 6.54 Å². The maximum absolute atomic E-state index is 13.4. The van der Waals surface area contributed by atoms with Gasteiger partial charge in [0.2, 0.25) is 5.91 Å². The normalized spacial score (nSPS) is 10.9. The molecule has 2 aromatic carbocycles. The molecule has 0 fully saturated rings. The summed E-state index contributed by atoms with van der Waals surface area (Å²) in [5.41, 5.74) is 3.41. The zero-order valence-electron chi connectivity index (χ0n) is 16.6. The van der Waals surface area contributed by atoms with Crippen molar-refractivity contribution in [3.63, 3.8) is 0 Å². The largest absolute Gasteiger partial charge is 0.354 e. The average Bonchev–Trinajstić information content (AvgIpc) is 3.35. The number of hydrogen-bond acceptors (Lipinski definition) is 3. The number of halogens is 1. The average molecular weight is 403 g/mol. The Kier molecular flexibility index (Phi) is 5.70. The highest BCUT2D eigenvalue weighted by molar-refractivity contribution is 5.79. The molecule has 6 nitrogen and oxygen atoms in total. The molecule has 1 amide bonds. The van der Waals surface area contributed by atoms with Crippen molar-refractivity contribution in [3.8, 4) is 22.6 Å². The number of benzene rings is 2. The molecule has 0 bridgehead atoms. The molecule has 1 N–H and O–H groups in total. The number of carbonyl (C=O) groups is 1. The number of aromatic nitrogens is 4. The molecular weight excluding hydrogens is 381 g/mol. The van der Waals surface area contributed by atoms with Gasteiger partial charge in [-0.1, -0.05) is 42.5 Å². The second-order valence-electron chi connectivity index (χ2n) is 7.04. The fourth-order valence-corrected chi connectivity index (χ4v) is 3.29. The topological polar surface area (TPSA) is 64.7 Å². The van der Waals surface area contributed by atoms with Crippen LogP contribution in [-0.4, -0.2) is 31.8 Å². The van der Waals surface area contributed by atoms with E-state index in [-0.39, 0.29) is 11.7 Å². The molecule has 0 saturated heterocycles. The second kappa shape index (κ2) is 8.73. The molecule has 0 aliphatic carbocycles. The van der Waals surface area contributed by atoms with Gasteiger partial charge in [0.25, 0.3) is 0 Å². The van der Waals surface area contributed by atoms with Crippen LogP contribution in [0.5, 0.6) is 0 Å². The third kappa shape index (κ3) is 4.46. The van der Waals surface area contributed by atoms with E-state index in [0.717, 1.165) is 22.5 Å². The summed E-state index contributed by atoms with van der Waals surface area (Å²) in [6, 6.07) is 15.9. The number of aryl methyl sites for hydroxylation is 1. The molecule has 0 unspecified atom stereocenters. The molecule has 2 aromatic heterocycles. The Bertz CT molecular complexity index is 1130. The third-order valence-corrected chi connectivity index (χ3v) is 4.82. The van der Waals surface area contributed by atoms with Gasteiger partial charge in [0.1, 0.15) is 11.5 Å². The summed E-state index contributed by atoms with van der Waals surface area (Å²) in [5.74, 6) is 0.406. The number of amides is 1. The van der Waals surface area contributed by atoms with Gasteiger partial charge in [-0.3, -0.25) is 9.48 Å². The van der Waals surface area contributed by atoms with Crippen molar-refractivity contribution < 1.29 is 9.18 Å². The van der Waals surface area contributed by atoms with E-state index in [9.17, 15) is 9.18 Å². The fraction of sp³-hybridized carbons (Fsp3) is 0.174. The monoisotopic (exact) mass is 403 g/mol. The van der Waals surface area contributed by atoms with E-state index in [1.807, 2.05) is 54.3 Å². The minimum Gasteiger partial charge on any atom is -0.354 e. The molecule has 4 rings (SSSR count). The highest BCUT2D eigenvalue weighted by atomic mass is 19.1. The summed E-state index contributed by atoms with van der Waals surface area (Å²) in [6.45, 7) is 0.968. The zero-order valence-corrected chi connectivity index (χ0v) is 16.6. The van der Waals surface area contributed by atoms with E-state index in [1.165, 1.54) is 12.1 Å². The maximum Gasteiger partial charge on any atom is 0.224 e. The van der Waals surface area contributed by atoms with E-state index in [1.54, 1.807) is 23.0 Å². The van der Waals surface area contributed by atoms with Crippen molar-refractivity contribution in [3.05, 3.63) is 84.6 Å². The van der Waals surface area contributed by atoms with Gasteiger partial charge in [-0.2, -0.15) is 5.10 Å². The summed E-state index contributed by atoms with van der Waals surface area (Å²) >= 11 is 0. The third-order valence-electron chi connectivity index (χ3n) is 4.82. The van der Waals surface area contributed by atoms with Crippen LogP contribution in [0.4, 0.5) is 4.39 Å². The van der Waals surface area contributed by atoms with Crippen molar-refractivity contribution >= 4 is 5.91 Å². The van der Waals surface area contributed by atoms with E-state index < -0.39 is 0 Å². The van der Waals surface area contributed by atoms with E-state index in [2.05, 4.69) is 15.4 Å². The Balaban J connectivity index is 1.49. The van der Waals surface area contributed by atoms with Gasteiger partial charge in [-0.15, -0.1) is 0 Å². The van der Waals surface area contributed by atoms with Crippen LogP contribution in [0.3, 0.4) is 0 Å². The van der Waals surface area contributed by atoms with Gasteiger partial charge in [0.05, 0.1) is 13.0 Å². The first-order valence-electron chi connectivity index (χ1n) is 9.72. The minimum atomic E-state index is -0.286. The van der Waals surface area contributed by atoms with Crippen molar-refractivity contribution in [2.45, 2.75) is 13.0 Å². The van der Waals surface area contributed by atoms with Crippen LogP contribution in [-0.2, 0) is 24.8 Å². The van der Waals surface area contributed by atoms with Gasteiger partial charge in [0, 0.05) is 37.7 Å². The predicted molar refractivity (Wildman–Crippen MR) is 113 cm³/mol. The molecule has 0 spiro atoms. The fourth-order valence-electron chi connectivity index (χ4n) is 3.29. The first-order valence-corrected chi connectivity index (χ1v) is 9.72.